The van der Waals surface area contributed by atoms with Crippen LogP contribution in [0.2, 0.25) is 0 Å². The fourth-order valence-corrected chi connectivity index (χ4v) is 4.08. The van der Waals surface area contributed by atoms with E-state index in [-0.39, 0.29) is 37.3 Å². The van der Waals surface area contributed by atoms with E-state index in [2.05, 4.69) is 22.8 Å². The molecule has 0 aromatic heterocycles. The number of fused-ring (bicyclic) bond motifs is 3. The molecule has 0 bridgehead atoms. The highest BCUT2D eigenvalue weighted by Gasteiger charge is 2.29. The number of carboxylic acids is 1. The lowest BCUT2D eigenvalue weighted by Crippen LogP contribution is -2.45. The second-order valence-corrected chi connectivity index (χ2v) is 8.56. The van der Waals surface area contributed by atoms with Crippen molar-refractivity contribution in [2.45, 2.75) is 32.2 Å². The summed E-state index contributed by atoms with van der Waals surface area (Å²) in [6, 6.07) is 14.8. The molecule has 2 atom stereocenters. The number of carboxylic acid groups (broad SMARTS) is 1. The lowest BCUT2D eigenvalue weighted by Gasteiger charge is -2.22. The van der Waals surface area contributed by atoms with Gasteiger partial charge in [0.05, 0.1) is 6.61 Å². The predicted molar refractivity (Wildman–Crippen MR) is 123 cm³/mol. The van der Waals surface area contributed by atoms with Crippen molar-refractivity contribution < 1.29 is 29.3 Å². The Bertz CT molecular complexity index is 960. The molecular formula is C25H30N2O6. The van der Waals surface area contributed by atoms with Crippen LogP contribution in [0.3, 0.4) is 0 Å². The summed E-state index contributed by atoms with van der Waals surface area (Å²) in [7, 11) is 0. The molecule has 1 aliphatic carbocycles. The Morgan fingerprint density at radius 1 is 1.00 bits per heavy atom. The lowest BCUT2D eigenvalue weighted by atomic mass is 9.92. The smallest absolute Gasteiger partial charge is 0.407 e. The first-order chi connectivity index (χ1) is 15.8. The summed E-state index contributed by atoms with van der Waals surface area (Å²) in [6.07, 6.45) is -0.549. The molecular weight excluding hydrogens is 424 g/mol. The first kappa shape index (κ1) is 24.3. The average Bonchev–Trinajstić information content (AvgIpc) is 3.12. The van der Waals surface area contributed by atoms with Crippen LogP contribution in [-0.4, -0.2) is 54.0 Å². The molecule has 3 rings (SSSR count). The number of carbonyl (C=O) groups excluding carboxylic acids is 2. The van der Waals surface area contributed by atoms with Crippen molar-refractivity contribution >= 4 is 18.0 Å². The Morgan fingerprint density at radius 3 is 2.09 bits per heavy atom. The molecule has 0 saturated heterocycles. The van der Waals surface area contributed by atoms with Gasteiger partial charge in [-0.15, -0.1) is 0 Å². The van der Waals surface area contributed by atoms with Crippen molar-refractivity contribution in [1.29, 1.82) is 0 Å². The summed E-state index contributed by atoms with van der Waals surface area (Å²) < 4.78 is 5.53. The number of aliphatic carboxylic acids is 1. The minimum absolute atomic E-state index is 0.0190. The van der Waals surface area contributed by atoms with Crippen LogP contribution in [-0.2, 0) is 14.3 Å². The minimum atomic E-state index is -1.35. The molecule has 8 heteroatoms. The third-order valence-electron chi connectivity index (χ3n) is 6.06. The van der Waals surface area contributed by atoms with Crippen molar-refractivity contribution in [3.63, 3.8) is 0 Å². The summed E-state index contributed by atoms with van der Waals surface area (Å²) in [5.41, 5.74) is 4.55. The SMILES string of the molecule is CC(C)C(CNC(=O)OCC1c2ccccc2-c2ccccc21)CC(=O)NC(CO)C(=O)O. The van der Waals surface area contributed by atoms with Gasteiger partial charge in [-0.2, -0.15) is 0 Å². The Balaban J connectivity index is 1.54. The standard InChI is InChI=1S/C25H30N2O6/c1-15(2)16(11-23(29)27-22(13-28)24(30)31)12-26-25(32)33-14-21-19-9-5-3-7-17(19)18-8-4-6-10-20(18)21/h3-10,15-16,21-22,28H,11-14H2,1-2H3,(H,26,32)(H,27,29)(H,30,31). The summed E-state index contributed by atoms with van der Waals surface area (Å²) in [4.78, 5) is 35.6. The van der Waals surface area contributed by atoms with E-state index in [4.69, 9.17) is 14.9 Å². The number of rotatable bonds is 10. The van der Waals surface area contributed by atoms with Crippen molar-refractivity contribution in [3.05, 3.63) is 59.7 Å². The fraction of sp³-hybridized carbons (Fsp3) is 0.400. The molecule has 2 amide bonds. The first-order valence-electron chi connectivity index (χ1n) is 11.0. The van der Waals surface area contributed by atoms with Gasteiger partial charge in [-0.3, -0.25) is 4.79 Å². The molecule has 0 saturated carbocycles. The van der Waals surface area contributed by atoms with Gasteiger partial charge in [0.25, 0.3) is 0 Å². The van der Waals surface area contributed by atoms with Gasteiger partial charge in [-0.05, 0) is 34.1 Å². The maximum atomic E-state index is 12.4. The van der Waals surface area contributed by atoms with Crippen LogP contribution in [0, 0.1) is 11.8 Å². The van der Waals surface area contributed by atoms with Gasteiger partial charge in [0.15, 0.2) is 0 Å². The fourth-order valence-electron chi connectivity index (χ4n) is 4.08. The molecule has 0 spiro atoms. The summed E-state index contributed by atoms with van der Waals surface area (Å²) in [6.45, 7) is 3.55. The zero-order chi connectivity index (χ0) is 24.0. The molecule has 4 N–H and O–H groups in total. The molecule has 0 radical (unpaired) electrons. The monoisotopic (exact) mass is 454 g/mol. The van der Waals surface area contributed by atoms with Crippen LogP contribution in [0.5, 0.6) is 0 Å². The largest absolute Gasteiger partial charge is 0.480 e. The van der Waals surface area contributed by atoms with E-state index < -0.39 is 30.6 Å². The Kier molecular flexibility index (Phi) is 8.06. The molecule has 1 aliphatic rings. The number of hydrogen-bond acceptors (Lipinski definition) is 5. The molecule has 2 aromatic carbocycles. The molecule has 2 aromatic rings. The van der Waals surface area contributed by atoms with Gasteiger partial charge in [-0.1, -0.05) is 62.4 Å². The molecule has 8 nitrogen and oxygen atoms in total. The predicted octanol–water partition coefficient (Wildman–Crippen LogP) is 2.75. The highest BCUT2D eigenvalue weighted by Crippen LogP contribution is 2.44. The number of alkyl carbamates (subject to hydrolysis) is 1. The van der Waals surface area contributed by atoms with Gasteiger partial charge < -0.3 is 25.6 Å². The second kappa shape index (κ2) is 11.0. The van der Waals surface area contributed by atoms with Crippen molar-refractivity contribution in [1.82, 2.24) is 10.6 Å². The van der Waals surface area contributed by atoms with E-state index >= 15 is 0 Å². The maximum absolute atomic E-state index is 12.4. The first-order valence-corrected chi connectivity index (χ1v) is 11.0. The highest BCUT2D eigenvalue weighted by atomic mass is 16.5. The normalized spacial score (nSPS) is 14.2. The highest BCUT2D eigenvalue weighted by molar-refractivity contribution is 5.83. The van der Waals surface area contributed by atoms with Gasteiger partial charge in [0, 0.05) is 18.9 Å². The number of carbonyl (C=O) groups is 3. The number of hydrogen-bond donors (Lipinski definition) is 4. The number of ether oxygens (including phenoxy) is 1. The molecule has 33 heavy (non-hydrogen) atoms. The average molecular weight is 455 g/mol. The van der Waals surface area contributed by atoms with E-state index in [9.17, 15) is 14.4 Å². The maximum Gasteiger partial charge on any atom is 0.407 e. The second-order valence-electron chi connectivity index (χ2n) is 8.56. The Hall–Kier alpha value is -3.39. The van der Waals surface area contributed by atoms with Gasteiger partial charge in [-0.25, -0.2) is 9.59 Å². The quantitative estimate of drug-likeness (QED) is 0.438. The van der Waals surface area contributed by atoms with Crippen LogP contribution in [0.25, 0.3) is 11.1 Å². The Labute approximate surface area is 193 Å². The topological polar surface area (TPSA) is 125 Å². The third kappa shape index (κ3) is 5.90. The van der Waals surface area contributed by atoms with Crippen molar-refractivity contribution in [2.75, 3.05) is 19.8 Å². The molecule has 0 heterocycles. The molecule has 0 aliphatic heterocycles. The van der Waals surface area contributed by atoms with Crippen molar-refractivity contribution in [3.8, 4) is 11.1 Å². The summed E-state index contributed by atoms with van der Waals surface area (Å²) >= 11 is 0. The zero-order valence-corrected chi connectivity index (χ0v) is 18.8. The van der Waals surface area contributed by atoms with Gasteiger partial charge in [0.1, 0.15) is 12.6 Å². The lowest BCUT2D eigenvalue weighted by molar-refractivity contribution is -0.143. The van der Waals surface area contributed by atoms with Gasteiger partial charge in [0.2, 0.25) is 5.91 Å². The number of nitrogens with one attached hydrogen (secondary N) is 2. The van der Waals surface area contributed by atoms with Crippen molar-refractivity contribution in [2.24, 2.45) is 11.8 Å². The Morgan fingerprint density at radius 2 is 1.58 bits per heavy atom. The van der Waals surface area contributed by atoms with E-state index in [0.29, 0.717) is 0 Å². The molecule has 0 fully saturated rings. The number of aliphatic hydroxyl groups is 1. The summed E-state index contributed by atoms with van der Waals surface area (Å²) in [5.74, 6) is -2.00. The summed E-state index contributed by atoms with van der Waals surface area (Å²) in [5, 5.41) is 23.0. The molecule has 2 unspecified atom stereocenters. The zero-order valence-electron chi connectivity index (χ0n) is 18.8. The van der Waals surface area contributed by atoms with E-state index in [1.54, 1.807) is 0 Å². The van der Waals surface area contributed by atoms with Crippen LogP contribution in [0.15, 0.2) is 48.5 Å². The van der Waals surface area contributed by atoms with E-state index in [1.807, 2.05) is 50.2 Å². The number of amides is 2. The van der Waals surface area contributed by atoms with Gasteiger partial charge >= 0.3 is 12.1 Å². The molecule has 176 valence electrons. The number of aliphatic hydroxyl groups excluding tert-OH is 1. The van der Waals surface area contributed by atoms with Crippen LogP contribution in [0.4, 0.5) is 4.79 Å². The van der Waals surface area contributed by atoms with Crippen LogP contribution in [0.1, 0.15) is 37.3 Å². The minimum Gasteiger partial charge on any atom is -0.480 e. The van der Waals surface area contributed by atoms with E-state index in [1.165, 1.54) is 0 Å². The third-order valence-corrected chi connectivity index (χ3v) is 6.06. The van der Waals surface area contributed by atoms with Crippen LogP contribution < -0.4 is 10.6 Å². The van der Waals surface area contributed by atoms with E-state index in [0.717, 1.165) is 22.3 Å². The number of benzene rings is 2. The van der Waals surface area contributed by atoms with Crippen LogP contribution >= 0.6 is 0 Å².